The third kappa shape index (κ3) is 2.09. The standard InChI is InChI=1S/C10H5BrFN3O/c11-8-2-1-6(12)5-7(8)10-14-9(3-4-13)16-15-10/h1-2,5H,3H2. The molecule has 0 N–H and O–H groups in total. The van der Waals surface area contributed by atoms with E-state index in [9.17, 15) is 4.39 Å². The van der Waals surface area contributed by atoms with Crippen molar-refractivity contribution in [2.45, 2.75) is 6.42 Å². The van der Waals surface area contributed by atoms with Crippen molar-refractivity contribution >= 4 is 15.9 Å². The molecular weight excluding hydrogens is 277 g/mol. The predicted molar refractivity (Wildman–Crippen MR) is 56.7 cm³/mol. The first kappa shape index (κ1) is 10.8. The van der Waals surface area contributed by atoms with Crippen LogP contribution in [0, 0.1) is 17.1 Å². The maximum Gasteiger partial charge on any atom is 0.241 e. The van der Waals surface area contributed by atoms with E-state index in [4.69, 9.17) is 9.78 Å². The second-order valence-electron chi connectivity index (χ2n) is 2.97. The molecule has 0 radical (unpaired) electrons. The fourth-order valence-electron chi connectivity index (χ4n) is 1.17. The molecule has 2 rings (SSSR count). The lowest BCUT2D eigenvalue weighted by Crippen LogP contribution is -1.86. The van der Waals surface area contributed by atoms with Gasteiger partial charge in [-0.05, 0) is 18.2 Å². The molecule has 0 atom stereocenters. The van der Waals surface area contributed by atoms with Gasteiger partial charge < -0.3 is 4.52 Å². The summed E-state index contributed by atoms with van der Waals surface area (Å²) < 4.78 is 18.5. The van der Waals surface area contributed by atoms with Crippen LogP contribution in [0.1, 0.15) is 5.89 Å². The van der Waals surface area contributed by atoms with E-state index in [2.05, 4.69) is 26.1 Å². The van der Waals surface area contributed by atoms with Crippen molar-refractivity contribution in [1.29, 1.82) is 5.26 Å². The smallest absolute Gasteiger partial charge is 0.241 e. The average Bonchev–Trinajstić information content (AvgIpc) is 2.71. The molecule has 0 unspecified atom stereocenters. The molecule has 0 fully saturated rings. The van der Waals surface area contributed by atoms with E-state index in [1.165, 1.54) is 12.1 Å². The molecule has 4 nitrogen and oxygen atoms in total. The highest BCUT2D eigenvalue weighted by Gasteiger charge is 2.12. The summed E-state index contributed by atoms with van der Waals surface area (Å²) in [5.41, 5.74) is 0.493. The highest BCUT2D eigenvalue weighted by atomic mass is 79.9. The number of hydrogen-bond acceptors (Lipinski definition) is 4. The highest BCUT2D eigenvalue weighted by Crippen LogP contribution is 2.26. The van der Waals surface area contributed by atoms with Crippen molar-refractivity contribution < 1.29 is 8.91 Å². The first-order valence-electron chi connectivity index (χ1n) is 4.35. The largest absolute Gasteiger partial charge is 0.338 e. The van der Waals surface area contributed by atoms with Gasteiger partial charge in [0.05, 0.1) is 6.07 Å². The van der Waals surface area contributed by atoms with E-state index in [0.717, 1.165) is 0 Å². The Morgan fingerprint density at radius 3 is 3.06 bits per heavy atom. The van der Waals surface area contributed by atoms with Gasteiger partial charge in [0.2, 0.25) is 11.7 Å². The predicted octanol–water partition coefficient (Wildman–Crippen LogP) is 2.70. The number of hydrogen-bond donors (Lipinski definition) is 0. The monoisotopic (exact) mass is 281 g/mol. The maximum atomic E-state index is 13.0. The quantitative estimate of drug-likeness (QED) is 0.849. The summed E-state index contributed by atoms with van der Waals surface area (Å²) in [4.78, 5) is 3.98. The molecule has 16 heavy (non-hydrogen) atoms. The molecule has 0 amide bonds. The van der Waals surface area contributed by atoms with E-state index in [-0.39, 0.29) is 24.0 Å². The van der Waals surface area contributed by atoms with Crippen molar-refractivity contribution in [2.24, 2.45) is 0 Å². The molecule has 1 aromatic heterocycles. The maximum absolute atomic E-state index is 13.0. The van der Waals surface area contributed by atoms with Crippen LogP contribution in [-0.4, -0.2) is 10.1 Å². The van der Waals surface area contributed by atoms with Crippen LogP contribution in [-0.2, 0) is 6.42 Å². The summed E-state index contributed by atoms with van der Waals surface area (Å²) in [7, 11) is 0. The van der Waals surface area contributed by atoms with Crippen LogP contribution in [0.3, 0.4) is 0 Å². The second kappa shape index (κ2) is 4.41. The fraction of sp³-hybridized carbons (Fsp3) is 0.100. The zero-order valence-electron chi connectivity index (χ0n) is 7.94. The topological polar surface area (TPSA) is 62.7 Å². The van der Waals surface area contributed by atoms with Gasteiger partial charge in [-0.15, -0.1) is 0 Å². The third-order valence-corrected chi connectivity index (χ3v) is 2.56. The third-order valence-electron chi connectivity index (χ3n) is 1.87. The van der Waals surface area contributed by atoms with E-state index >= 15 is 0 Å². The summed E-state index contributed by atoms with van der Waals surface area (Å²) in [6.45, 7) is 0. The van der Waals surface area contributed by atoms with Crippen molar-refractivity contribution in [2.75, 3.05) is 0 Å². The molecule has 0 bridgehead atoms. The van der Waals surface area contributed by atoms with Gasteiger partial charge in [-0.3, -0.25) is 0 Å². The number of nitriles is 1. The molecule has 0 saturated heterocycles. The number of halogens is 2. The minimum atomic E-state index is -0.384. The molecule has 80 valence electrons. The van der Waals surface area contributed by atoms with Crippen molar-refractivity contribution in [1.82, 2.24) is 10.1 Å². The Morgan fingerprint density at radius 1 is 1.50 bits per heavy atom. The van der Waals surface area contributed by atoms with Gasteiger partial charge in [-0.2, -0.15) is 10.2 Å². The van der Waals surface area contributed by atoms with E-state index in [1.807, 2.05) is 6.07 Å². The van der Waals surface area contributed by atoms with Crippen LogP contribution in [0.5, 0.6) is 0 Å². The molecule has 1 heterocycles. The lowest BCUT2D eigenvalue weighted by Gasteiger charge is -1.97. The molecule has 0 aliphatic carbocycles. The van der Waals surface area contributed by atoms with Crippen LogP contribution in [0.2, 0.25) is 0 Å². The Kier molecular flexibility index (Phi) is 2.97. The minimum absolute atomic E-state index is 0.0416. The first-order valence-corrected chi connectivity index (χ1v) is 5.15. The zero-order valence-corrected chi connectivity index (χ0v) is 9.53. The average molecular weight is 282 g/mol. The Bertz CT molecular complexity index is 561. The Labute approximate surface area is 98.8 Å². The zero-order chi connectivity index (χ0) is 11.5. The van der Waals surface area contributed by atoms with Gasteiger partial charge in [0.15, 0.2) is 0 Å². The van der Waals surface area contributed by atoms with Crippen molar-refractivity contribution in [3.05, 3.63) is 34.4 Å². The lowest BCUT2D eigenvalue weighted by atomic mass is 10.2. The van der Waals surface area contributed by atoms with Gasteiger partial charge in [-0.25, -0.2) is 4.39 Å². The number of aromatic nitrogens is 2. The second-order valence-corrected chi connectivity index (χ2v) is 3.83. The van der Waals surface area contributed by atoms with Crippen LogP contribution < -0.4 is 0 Å². The molecule has 0 aliphatic rings. The van der Waals surface area contributed by atoms with Gasteiger partial charge >= 0.3 is 0 Å². The first-order chi connectivity index (χ1) is 7.70. The molecule has 2 aromatic rings. The summed E-state index contributed by atoms with van der Waals surface area (Å²) in [5, 5.41) is 12.1. The van der Waals surface area contributed by atoms with Gasteiger partial charge in [0, 0.05) is 10.0 Å². The molecular formula is C10H5BrFN3O. The lowest BCUT2D eigenvalue weighted by molar-refractivity contribution is 0.388. The van der Waals surface area contributed by atoms with E-state index < -0.39 is 0 Å². The number of nitrogens with zero attached hydrogens (tertiary/aromatic N) is 3. The fourth-order valence-corrected chi connectivity index (χ4v) is 1.60. The van der Waals surface area contributed by atoms with E-state index in [1.54, 1.807) is 6.07 Å². The molecule has 0 aliphatic heterocycles. The molecule has 1 aromatic carbocycles. The Morgan fingerprint density at radius 2 is 2.31 bits per heavy atom. The Hall–Kier alpha value is -1.74. The van der Waals surface area contributed by atoms with Crippen LogP contribution >= 0.6 is 15.9 Å². The number of benzene rings is 1. The van der Waals surface area contributed by atoms with Gasteiger partial charge in [0.25, 0.3) is 0 Å². The SMILES string of the molecule is N#CCc1nc(-c2cc(F)ccc2Br)no1. The summed E-state index contributed by atoms with van der Waals surface area (Å²) in [5.74, 6) is 0.0927. The molecule has 0 saturated carbocycles. The van der Waals surface area contributed by atoms with Crippen LogP contribution in [0.15, 0.2) is 27.2 Å². The Balaban J connectivity index is 2.42. The molecule has 0 spiro atoms. The minimum Gasteiger partial charge on any atom is -0.338 e. The number of rotatable bonds is 2. The summed E-state index contributed by atoms with van der Waals surface area (Å²) in [6.07, 6.45) is 0.0416. The van der Waals surface area contributed by atoms with Gasteiger partial charge in [-0.1, -0.05) is 21.1 Å². The highest BCUT2D eigenvalue weighted by molar-refractivity contribution is 9.10. The molecule has 6 heteroatoms. The summed E-state index contributed by atoms with van der Waals surface area (Å²) >= 11 is 3.26. The van der Waals surface area contributed by atoms with Crippen LogP contribution in [0.4, 0.5) is 4.39 Å². The van der Waals surface area contributed by atoms with E-state index in [0.29, 0.717) is 10.0 Å². The normalized spacial score (nSPS) is 10.1. The van der Waals surface area contributed by atoms with Crippen molar-refractivity contribution in [3.8, 4) is 17.5 Å². The van der Waals surface area contributed by atoms with Crippen molar-refractivity contribution in [3.63, 3.8) is 0 Å². The van der Waals surface area contributed by atoms with Crippen LogP contribution in [0.25, 0.3) is 11.4 Å². The summed E-state index contributed by atoms with van der Waals surface area (Å²) in [6, 6.07) is 6.07. The van der Waals surface area contributed by atoms with Gasteiger partial charge in [0.1, 0.15) is 12.2 Å².